The van der Waals surface area contributed by atoms with Crippen molar-refractivity contribution in [3.05, 3.63) is 69.8 Å². The Morgan fingerprint density at radius 1 is 1.19 bits per heavy atom. The van der Waals surface area contributed by atoms with Gasteiger partial charge in [0.05, 0.1) is 6.04 Å². The molecule has 1 fully saturated rings. The van der Waals surface area contributed by atoms with E-state index in [2.05, 4.69) is 50.1 Å². The summed E-state index contributed by atoms with van der Waals surface area (Å²) in [5.74, 6) is 0.107. The first-order valence-corrected chi connectivity index (χ1v) is 10.3. The Bertz CT molecular complexity index is 1090. The number of carbonyl (C=O) groups is 1. The van der Waals surface area contributed by atoms with Crippen molar-refractivity contribution in [1.29, 1.82) is 0 Å². The third-order valence-electron chi connectivity index (χ3n) is 5.65. The first-order valence-electron chi connectivity index (χ1n) is 9.09. The molecule has 3 heterocycles. The van der Waals surface area contributed by atoms with Gasteiger partial charge in [0.25, 0.3) is 5.91 Å². The lowest BCUT2D eigenvalue weighted by Gasteiger charge is -2.37. The summed E-state index contributed by atoms with van der Waals surface area (Å²) in [7, 11) is 0. The molecule has 1 N–H and O–H groups in total. The Morgan fingerprint density at radius 2 is 1.93 bits per heavy atom. The molecule has 1 saturated heterocycles. The number of fused-ring (bicyclic) bond motifs is 4. The fraction of sp³-hybridized carbons (Fsp3) is 0.238. The number of hydrogen-bond acceptors (Lipinski definition) is 2. The van der Waals surface area contributed by atoms with Gasteiger partial charge in [-0.05, 0) is 42.4 Å². The second-order valence-corrected chi connectivity index (χ2v) is 8.20. The molecule has 0 unspecified atom stereocenters. The highest BCUT2D eigenvalue weighted by Crippen LogP contribution is 2.45. The molecule has 3 aromatic rings. The summed E-state index contributed by atoms with van der Waals surface area (Å²) in [5, 5.41) is 1.82. The van der Waals surface area contributed by atoms with Gasteiger partial charge in [0, 0.05) is 34.0 Å². The molecule has 2 aliphatic heterocycles. The minimum absolute atomic E-state index is 0.107. The predicted octanol–water partition coefficient (Wildman–Crippen LogP) is 4.39. The minimum atomic E-state index is -0.249. The number of para-hydroxylation sites is 1. The molecule has 0 spiro atoms. The SMILES string of the molecule is CCN1C(=O)[C@H]2Cc3c([nH]c4ccccc34)[C@H](c3ccccc3Br)N2C1=S. The lowest BCUT2D eigenvalue weighted by molar-refractivity contribution is -0.128. The predicted molar refractivity (Wildman–Crippen MR) is 114 cm³/mol. The number of amides is 1. The van der Waals surface area contributed by atoms with E-state index in [0.717, 1.165) is 21.2 Å². The molecule has 4 nitrogen and oxygen atoms in total. The maximum absolute atomic E-state index is 13.1. The Balaban J connectivity index is 1.79. The Hall–Kier alpha value is -2.18. The highest BCUT2D eigenvalue weighted by Gasteiger charge is 2.50. The third-order valence-corrected chi connectivity index (χ3v) is 6.80. The fourth-order valence-corrected chi connectivity index (χ4v) is 5.40. The summed E-state index contributed by atoms with van der Waals surface area (Å²) in [6.45, 7) is 2.58. The molecule has 6 heteroatoms. The van der Waals surface area contributed by atoms with Crippen molar-refractivity contribution in [3.8, 4) is 0 Å². The van der Waals surface area contributed by atoms with Crippen LogP contribution in [0.5, 0.6) is 0 Å². The highest BCUT2D eigenvalue weighted by molar-refractivity contribution is 9.10. The van der Waals surface area contributed by atoms with Crippen LogP contribution in [0, 0.1) is 0 Å². The Labute approximate surface area is 171 Å². The number of thiocarbonyl (C=S) groups is 1. The van der Waals surface area contributed by atoms with E-state index in [1.807, 2.05) is 31.2 Å². The van der Waals surface area contributed by atoms with Gasteiger partial charge in [-0.15, -0.1) is 0 Å². The van der Waals surface area contributed by atoms with E-state index in [9.17, 15) is 4.79 Å². The number of hydrogen-bond donors (Lipinski definition) is 1. The van der Waals surface area contributed by atoms with Gasteiger partial charge >= 0.3 is 0 Å². The summed E-state index contributed by atoms with van der Waals surface area (Å²) in [6.07, 6.45) is 0.676. The number of nitrogens with one attached hydrogen (secondary N) is 1. The van der Waals surface area contributed by atoms with Crippen LogP contribution in [0.15, 0.2) is 53.0 Å². The van der Waals surface area contributed by atoms with Crippen LogP contribution in [-0.4, -0.2) is 38.4 Å². The first kappa shape index (κ1) is 17.0. The van der Waals surface area contributed by atoms with Crippen molar-refractivity contribution >= 4 is 50.1 Å². The third kappa shape index (κ3) is 2.33. The minimum Gasteiger partial charge on any atom is -0.356 e. The van der Waals surface area contributed by atoms with Gasteiger partial charge in [-0.2, -0.15) is 0 Å². The number of rotatable bonds is 2. The van der Waals surface area contributed by atoms with Crippen LogP contribution in [-0.2, 0) is 11.2 Å². The number of aromatic nitrogens is 1. The van der Waals surface area contributed by atoms with Crippen molar-refractivity contribution < 1.29 is 4.79 Å². The number of likely N-dealkylation sites (N-methyl/N-ethyl adjacent to an activating group) is 1. The zero-order chi connectivity index (χ0) is 18.7. The second kappa shape index (κ2) is 6.17. The molecule has 0 saturated carbocycles. The molecule has 27 heavy (non-hydrogen) atoms. The van der Waals surface area contributed by atoms with Crippen LogP contribution in [0.3, 0.4) is 0 Å². The average Bonchev–Trinajstić information content (AvgIpc) is 3.16. The van der Waals surface area contributed by atoms with Gasteiger partial charge in [0.15, 0.2) is 5.11 Å². The quantitative estimate of drug-likeness (QED) is 0.601. The zero-order valence-electron chi connectivity index (χ0n) is 14.8. The fourth-order valence-electron chi connectivity index (χ4n) is 4.44. The maximum Gasteiger partial charge on any atom is 0.251 e. The molecule has 0 radical (unpaired) electrons. The average molecular weight is 440 g/mol. The number of H-pyrrole nitrogens is 1. The summed E-state index contributed by atoms with van der Waals surface area (Å²) in [5.41, 5.74) is 4.57. The number of nitrogens with zero attached hydrogens (tertiary/aromatic N) is 2. The van der Waals surface area contributed by atoms with E-state index in [1.54, 1.807) is 4.90 Å². The molecule has 2 aliphatic rings. The number of carbonyl (C=O) groups excluding carboxylic acids is 1. The van der Waals surface area contributed by atoms with E-state index in [-0.39, 0.29) is 18.0 Å². The van der Waals surface area contributed by atoms with Crippen molar-refractivity contribution in [2.24, 2.45) is 0 Å². The van der Waals surface area contributed by atoms with E-state index in [4.69, 9.17) is 12.2 Å². The summed E-state index contributed by atoms with van der Waals surface area (Å²) in [6, 6.07) is 16.1. The highest BCUT2D eigenvalue weighted by atomic mass is 79.9. The Kier molecular flexibility index (Phi) is 3.88. The van der Waals surface area contributed by atoms with Crippen molar-refractivity contribution in [3.63, 3.8) is 0 Å². The number of benzene rings is 2. The van der Waals surface area contributed by atoms with Gasteiger partial charge in [-0.3, -0.25) is 9.69 Å². The maximum atomic E-state index is 13.1. The topological polar surface area (TPSA) is 39.3 Å². The van der Waals surface area contributed by atoms with Gasteiger partial charge in [-0.1, -0.05) is 52.3 Å². The van der Waals surface area contributed by atoms with Gasteiger partial charge in [-0.25, -0.2) is 0 Å². The van der Waals surface area contributed by atoms with E-state index in [1.165, 1.54) is 10.9 Å². The van der Waals surface area contributed by atoms with Crippen LogP contribution in [0.25, 0.3) is 10.9 Å². The number of halogens is 1. The van der Waals surface area contributed by atoms with E-state index < -0.39 is 0 Å². The first-order chi connectivity index (χ1) is 13.1. The lowest BCUT2D eigenvalue weighted by atomic mass is 9.89. The molecule has 2 atom stereocenters. The molecule has 1 aromatic heterocycles. The van der Waals surface area contributed by atoms with Crippen LogP contribution in [0.4, 0.5) is 0 Å². The second-order valence-electron chi connectivity index (χ2n) is 6.98. The van der Waals surface area contributed by atoms with E-state index in [0.29, 0.717) is 18.1 Å². The van der Waals surface area contributed by atoms with Crippen LogP contribution in [0.1, 0.15) is 29.8 Å². The summed E-state index contributed by atoms with van der Waals surface area (Å²) in [4.78, 5) is 20.6. The van der Waals surface area contributed by atoms with Gasteiger partial charge in [0.1, 0.15) is 6.04 Å². The molecule has 0 aliphatic carbocycles. The molecule has 2 aromatic carbocycles. The molecule has 5 rings (SSSR count). The van der Waals surface area contributed by atoms with Gasteiger partial charge in [0.2, 0.25) is 0 Å². The van der Waals surface area contributed by atoms with E-state index >= 15 is 0 Å². The lowest BCUT2D eigenvalue weighted by Crippen LogP contribution is -2.44. The summed E-state index contributed by atoms with van der Waals surface area (Å²) < 4.78 is 1.02. The zero-order valence-corrected chi connectivity index (χ0v) is 17.2. The molecular weight excluding hydrogens is 422 g/mol. The normalized spacial score (nSPS) is 21.7. The Morgan fingerprint density at radius 3 is 2.70 bits per heavy atom. The molecule has 136 valence electrons. The van der Waals surface area contributed by atoms with Crippen molar-refractivity contribution in [2.75, 3.05) is 6.54 Å². The molecule has 1 amide bonds. The standard InChI is InChI=1S/C21H18BrN3OS/c1-2-24-20(26)17-11-14-12-7-4-6-10-16(12)23-18(14)19(25(17)21(24)27)13-8-3-5-9-15(13)22/h3-10,17,19,23H,2,11H2,1H3/t17-,19+/m1/s1. The van der Waals surface area contributed by atoms with Crippen LogP contribution >= 0.6 is 28.1 Å². The molecular formula is C21H18BrN3OS. The van der Waals surface area contributed by atoms with Crippen LogP contribution < -0.4 is 0 Å². The van der Waals surface area contributed by atoms with Crippen LogP contribution in [0.2, 0.25) is 0 Å². The van der Waals surface area contributed by atoms with Crippen molar-refractivity contribution in [1.82, 2.24) is 14.8 Å². The van der Waals surface area contributed by atoms with Crippen molar-refractivity contribution in [2.45, 2.75) is 25.4 Å². The largest absolute Gasteiger partial charge is 0.356 e. The molecule has 0 bridgehead atoms. The number of aromatic amines is 1. The smallest absolute Gasteiger partial charge is 0.251 e. The summed E-state index contributed by atoms with van der Waals surface area (Å²) >= 11 is 9.46. The van der Waals surface area contributed by atoms with Gasteiger partial charge < -0.3 is 9.88 Å². The monoisotopic (exact) mass is 439 g/mol.